The Hall–Kier alpha value is -4.13. The molecule has 0 fully saturated rings. The molecule has 1 unspecified atom stereocenters. The summed E-state index contributed by atoms with van der Waals surface area (Å²) in [6.07, 6.45) is 4.64. The number of fused-ring (bicyclic) bond motifs is 4. The molecule has 1 amide bonds. The van der Waals surface area contributed by atoms with Gasteiger partial charge in [0, 0.05) is 30.9 Å². The Morgan fingerprint density at radius 2 is 1.72 bits per heavy atom. The maximum absolute atomic E-state index is 12.5. The van der Waals surface area contributed by atoms with Crippen molar-refractivity contribution in [2.24, 2.45) is 0 Å². The van der Waals surface area contributed by atoms with Crippen molar-refractivity contribution < 1.29 is 19.4 Å². The van der Waals surface area contributed by atoms with Gasteiger partial charge in [0.05, 0.1) is 0 Å². The minimum atomic E-state index is -1.12. The van der Waals surface area contributed by atoms with E-state index >= 15 is 0 Å². The number of nitrogens with one attached hydrogen (secondary N) is 1. The molecule has 7 nitrogen and oxygen atoms in total. The first-order valence-electron chi connectivity index (χ1n) is 10.4. The van der Waals surface area contributed by atoms with Crippen molar-refractivity contribution in [1.82, 2.24) is 14.7 Å². The molecule has 160 valence electrons. The first-order valence-corrected chi connectivity index (χ1v) is 10.4. The monoisotopic (exact) mass is 427 g/mol. The van der Waals surface area contributed by atoms with Crippen LogP contribution in [0.3, 0.4) is 0 Å². The zero-order chi connectivity index (χ0) is 22.1. The summed E-state index contributed by atoms with van der Waals surface area (Å²) < 4.78 is 7.29. The summed E-state index contributed by atoms with van der Waals surface area (Å²) in [5, 5.41) is 12.1. The number of amides is 1. The van der Waals surface area contributed by atoms with Crippen molar-refractivity contribution in [2.45, 2.75) is 18.4 Å². The Kier molecular flexibility index (Phi) is 5.07. The van der Waals surface area contributed by atoms with Gasteiger partial charge < -0.3 is 19.6 Å². The molecule has 7 heteroatoms. The van der Waals surface area contributed by atoms with Crippen molar-refractivity contribution in [3.63, 3.8) is 0 Å². The van der Waals surface area contributed by atoms with E-state index in [1.54, 1.807) is 24.7 Å². The van der Waals surface area contributed by atoms with Gasteiger partial charge in [-0.25, -0.2) is 14.6 Å². The zero-order valence-corrected chi connectivity index (χ0v) is 17.1. The van der Waals surface area contributed by atoms with Gasteiger partial charge in [-0.1, -0.05) is 54.6 Å². The highest BCUT2D eigenvalue weighted by Crippen LogP contribution is 2.44. The summed E-state index contributed by atoms with van der Waals surface area (Å²) in [7, 11) is 0. The Labute approximate surface area is 184 Å². The van der Waals surface area contributed by atoms with Gasteiger partial charge in [-0.15, -0.1) is 0 Å². The van der Waals surface area contributed by atoms with Crippen molar-refractivity contribution in [2.75, 3.05) is 6.61 Å². The molecule has 5 rings (SSSR count). The Morgan fingerprint density at radius 1 is 1.03 bits per heavy atom. The van der Waals surface area contributed by atoms with E-state index in [0.29, 0.717) is 0 Å². The van der Waals surface area contributed by atoms with Gasteiger partial charge in [-0.3, -0.25) is 0 Å². The molecule has 2 aromatic carbocycles. The molecule has 2 heterocycles. The lowest BCUT2D eigenvalue weighted by molar-refractivity contribution is -0.139. The summed E-state index contributed by atoms with van der Waals surface area (Å²) in [6, 6.07) is 18.6. The number of carboxylic acid groups (broad SMARTS) is 1. The molecule has 0 aliphatic heterocycles. The van der Waals surface area contributed by atoms with Crippen molar-refractivity contribution in [3.05, 3.63) is 95.9 Å². The van der Waals surface area contributed by atoms with Crippen LogP contribution in [0.5, 0.6) is 0 Å². The number of imidazole rings is 1. The predicted molar refractivity (Wildman–Crippen MR) is 119 cm³/mol. The molecule has 1 atom stereocenters. The molecule has 0 saturated heterocycles. The third-order valence-electron chi connectivity index (χ3n) is 5.82. The average molecular weight is 427 g/mol. The van der Waals surface area contributed by atoms with Gasteiger partial charge in [0.15, 0.2) is 0 Å². The van der Waals surface area contributed by atoms with Gasteiger partial charge in [0.2, 0.25) is 0 Å². The number of benzene rings is 2. The van der Waals surface area contributed by atoms with Crippen LogP contribution < -0.4 is 5.32 Å². The number of nitrogens with zero attached hydrogens (tertiary/aromatic N) is 2. The normalized spacial score (nSPS) is 13.4. The number of pyridine rings is 1. The lowest BCUT2D eigenvalue weighted by Gasteiger charge is -2.17. The molecule has 0 bridgehead atoms. The van der Waals surface area contributed by atoms with Crippen molar-refractivity contribution in [3.8, 4) is 11.1 Å². The van der Waals surface area contributed by atoms with Gasteiger partial charge in [-0.05, 0) is 33.9 Å². The topological polar surface area (TPSA) is 92.9 Å². The van der Waals surface area contributed by atoms with E-state index < -0.39 is 18.1 Å². The van der Waals surface area contributed by atoms with Crippen LogP contribution in [-0.2, 0) is 16.0 Å². The molecule has 1 aliphatic rings. The second-order valence-corrected chi connectivity index (χ2v) is 7.79. The quantitative estimate of drug-likeness (QED) is 0.487. The zero-order valence-electron chi connectivity index (χ0n) is 17.1. The maximum atomic E-state index is 12.5. The molecular weight excluding hydrogens is 406 g/mol. The van der Waals surface area contributed by atoms with Gasteiger partial charge >= 0.3 is 12.1 Å². The molecule has 2 N–H and O–H groups in total. The van der Waals surface area contributed by atoms with E-state index in [0.717, 1.165) is 33.5 Å². The molecule has 32 heavy (non-hydrogen) atoms. The van der Waals surface area contributed by atoms with Crippen LogP contribution in [0.4, 0.5) is 4.79 Å². The number of rotatable bonds is 6. The van der Waals surface area contributed by atoms with Crippen LogP contribution in [-0.4, -0.2) is 39.2 Å². The van der Waals surface area contributed by atoms with Crippen LogP contribution in [0.25, 0.3) is 16.8 Å². The van der Waals surface area contributed by atoms with Crippen molar-refractivity contribution >= 4 is 17.7 Å². The fourth-order valence-electron chi connectivity index (χ4n) is 4.30. The molecule has 1 aliphatic carbocycles. The van der Waals surface area contributed by atoms with Crippen LogP contribution in [0.2, 0.25) is 0 Å². The molecule has 4 aromatic rings. The minimum absolute atomic E-state index is 0.0833. The third kappa shape index (κ3) is 3.69. The number of alkyl carbamates (subject to hydrolysis) is 1. The van der Waals surface area contributed by atoms with Crippen LogP contribution >= 0.6 is 0 Å². The average Bonchev–Trinajstić information content (AvgIpc) is 3.39. The summed E-state index contributed by atoms with van der Waals surface area (Å²) >= 11 is 0. The summed E-state index contributed by atoms with van der Waals surface area (Å²) in [6.45, 7) is 0.132. The van der Waals surface area contributed by atoms with Crippen LogP contribution in [0.15, 0.2) is 79.3 Å². The van der Waals surface area contributed by atoms with Crippen LogP contribution in [0, 0.1) is 0 Å². The highest BCUT2D eigenvalue weighted by molar-refractivity contribution is 5.81. The maximum Gasteiger partial charge on any atom is 0.407 e. The lowest BCUT2D eigenvalue weighted by atomic mass is 9.98. The smallest absolute Gasteiger partial charge is 0.407 e. The highest BCUT2D eigenvalue weighted by Gasteiger charge is 2.29. The SMILES string of the molecule is O=C(NC(Cc1ccc2nccn2c1)C(=O)O)OCC1c2ccccc2-c2ccccc21. The summed E-state index contributed by atoms with van der Waals surface area (Å²) in [5.74, 6) is -1.20. The van der Waals surface area contributed by atoms with E-state index in [1.807, 2.05) is 46.9 Å². The van der Waals surface area contributed by atoms with E-state index in [-0.39, 0.29) is 18.9 Å². The summed E-state index contributed by atoms with van der Waals surface area (Å²) in [5.41, 5.74) is 6.01. The number of carboxylic acids is 1. The van der Waals surface area contributed by atoms with Crippen molar-refractivity contribution in [1.29, 1.82) is 0 Å². The van der Waals surface area contributed by atoms with E-state index in [4.69, 9.17) is 4.74 Å². The van der Waals surface area contributed by atoms with E-state index in [2.05, 4.69) is 22.4 Å². The Morgan fingerprint density at radius 3 is 2.41 bits per heavy atom. The highest BCUT2D eigenvalue weighted by atomic mass is 16.5. The van der Waals surface area contributed by atoms with Gasteiger partial charge in [-0.2, -0.15) is 0 Å². The number of ether oxygens (including phenoxy) is 1. The van der Waals surface area contributed by atoms with Gasteiger partial charge in [0.25, 0.3) is 0 Å². The molecular formula is C25H21N3O4. The number of hydrogen-bond acceptors (Lipinski definition) is 4. The lowest BCUT2D eigenvalue weighted by Crippen LogP contribution is -2.43. The fourth-order valence-corrected chi connectivity index (χ4v) is 4.30. The predicted octanol–water partition coefficient (Wildman–Crippen LogP) is 3.87. The number of hydrogen-bond donors (Lipinski definition) is 2. The Bertz CT molecular complexity index is 1270. The number of carbonyl (C=O) groups is 2. The van der Waals surface area contributed by atoms with E-state index in [1.165, 1.54) is 0 Å². The minimum Gasteiger partial charge on any atom is -0.480 e. The Balaban J connectivity index is 1.27. The largest absolute Gasteiger partial charge is 0.480 e. The molecule has 0 radical (unpaired) electrons. The first kappa shape index (κ1) is 19.8. The second kappa shape index (κ2) is 8.19. The number of carbonyl (C=O) groups excluding carboxylic acids is 1. The fraction of sp³-hybridized carbons (Fsp3) is 0.160. The van der Waals surface area contributed by atoms with Crippen LogP contribution in [0.1, 0.15) is 22.6 Å². The second-order valence-electron chi connectivity index (χ2n) is 7.79. The standard InChI is InChI=1S/C25H21N3O4/c29-24(30)22(13-16-9-10-23-26-11-12-28(23)14-16)27-25(31)32-15-21-19-7-3-1-5-17(19)18-6-2-4-8-20(18)21/h1-12,14,21-22H,13,15H2,(H,27,31)(H,29,30). The number of aromatic nitrogens is 2. The number of aliphatic carboxylic acids is 1. The molecule has 0 spiro atoms. The third-order valence-corrected chi connectivity index (χ3v) is 5.82. The molecule has 2 aromatic heterocycles. The van der Waals surface area contributed by atoms with E-state index in [9.17, 15) is 14.7 Å². The molecule has 0 saturated carbocycles. The first-order chi connectivity index (χ1) is 15.6. The summed E-state index contributed by atoms with van der Waals surface area (Å²) in [4.78, 5) is 28.4. The van der Waals surface area contributed by atoms with Gasteiger partial charge in [0.1, 0.15) is 18.3 Å².